The van der Waals surface area contributed by atoms with Crippen molar-refractivity contribution in [1.29, 1.82) is 0 Å². The van der Waals surface area contributed by atoms with Gasteiger partial charge in [-0.15, -0.1) is 0 Å². The van der Waals surface area contributed by atoms with Crippen molar-refractivity contribution < 1.29 is 13.7 Å². The van der Waals surface area contributed by atoms with E-state index in [1.807, 2.05) is 13.8 Å². The standard InChI is InChI=1S/C13H13ClF2N2O2.C2H6/c14-12-10(7-11(8-17-12)18(19)20)2-1-9-3-5-13(15,16)6-4-9;1-2/h1-2,7-9H,3-6H2;1-2H3/b2-1+;. The Morgan fingerprint density at radius 3 is 2.55 bits per heavy atom. The van der Waals surface area contributed by atoms with Gasteiger partial charge in [-0.05, 0) is 18.8 Å². The van der Waals surface area contributed by atoms with E-state index in [9.17, 15) is 18.9 Å². The average Bonchev–Trinajstić information content (AvgIpc) is 2.49. The van der Waals surface area contributed by atoms with Crippen LogP contribution in [-0.4, -0.2) is 15.8 Å². The van der Waals surface area contributed by atoms with E-state index in [0.717, 1.165) is 6.20 Å². The zero-order chi connectivity index (χ0) is 16.8. The van der Waals surface area contributed by atoms with Crippen molar-refractivity contribution in [2.45, 2.75) is 45.5 Å². The van der Waals surface area contributed by atoms with Gasteiger partial charge in [-0.2, -0.15) is 0 Å². The maximum absolute atomic E-state index is 13.0. The summed E-state index contributed by atoms with van der Waals surface area (Å²) in [6.45, 7) is 4.00. The lowest BCUT2D eigenvalue weighted by atomic mass is 9.86. The second-order valence-electron chi connectivity index (χ2n) is 4.88. The van der Waals surface area contributed by atoms with Gasteiger partial charge < -0.3 is 0 Å². The van der Waals surface area contributed by atoms with Crippen molar-refractivity contribution in [3.8, 4) is 0 Å². The van der Waals surface area contributed by atoms with Crippen molar-refractivity contribution in [3.63, 3.8) is 0 Å². The Kier molecular flexibility index (Phi) is 6.87. The van der Waals surface area contributed by atoms with E-state index in [1.54, 1.807) is 12.2 Å². The molecule has 0 aliphatic heterocycles. The predicted octanol–water partition coefficient (Wildman–Crippen LogP) is 5.51. The van der Waals surface area contributed by atoms with Crippen molar-refractivity contribution in [1.82, 2.24) is 4.98 Å². The molecule has 2 rings (SSSR count). The summed E-state index contributed by atoms with van der Waals surface area (Å²) in [5.41, 5.74) is 0.280. The van der Waals surface area contributed by atoms with Gasteiger partial charge in [-0.1, -0.05) is 37.6 Å². The molecule has 0 aromatic carbocycles. The molecule has 1 saturated carbocycles. The van der Waals surface area contributed by atoms with Gasteiger partial charge in [0.2, 0.25) is 5.92 Å². The molecular formula is C15H19ClF2N2O2. The number of rotatable bonds is 3. The largest absolute Gasteiger partial charge is 0.288 e. The summed E-state index contributed by atoms with van der Waals surface area (Å²) >= 11 is 5.86. The van der Waals surface area contributed by atoms with Gasteiger partial charge in [0.25, 0.3) is 5.69 Å². The molecule has 122 valence electrons. The lowest BCUT2D eigenvalue weighted by Crippen LogP contribution is -2.23. The van der Waals surface area contributed by atoms with E-state index in [-0.39, 0.29) is 29.6 Å². The number of nitrogens with zero attached hydrogens (tertiary/aromatic N) is 2. The summed E-state index contributed by atoms with van der Waals surface area (Å²) in [7, 11) is 0. The van der Waals surface area contributed by atoms with Gasteiger partial charge in [-0.25, -0.2) is 13.8 Å². The van der Waals surface area contributed by atoms with Crippen LogP contribution in [0.25, 0.3) is 6.08 Å². The third-order valence-corrected chi connectivity index (χ3v) is 3.69. The highest BCUT2D eigenvalue weighted by molar-refractivity contribution is 6.30. The number of nitro groups is 1. The monoisotopic (exact) mass is 332 g/mol. The number of hydrogen-bond acceptors (Lipinski definition) is 3. The van der Waals surface area contributed by atoms with Crippen LogP contribution in [0.15, 0.2) is 18.3 Å². The van der Waals surface area contributed by atoms with Crippen molar-refractivity contribution in [3.05, 3.63) is 39.2 Å². The molecule has 1 fully saturated rings. The molecule has 0 radical (unpaired) electrons. The van der Waals surface area contributed by atoms with Crippen LogP contribution in [0.3, 0.4) is 0 Å². The Hall–Kier alpha value is -1.56. The highest BCUT2D eigenvalue weighted by atomic mass is 35.5. The maximum Gasteiger partial charge on any atom is 0.288 e. The van der Waals surface area contributed by atoms with Gasteiger partial charge in [0.05, 0.1) is 4.92 Å². The van der Waals surface area contributed by atoms with Crippen LogP contribution >= 0.6 is 11.6 Å². The van der Waals surface area contributed by atoms with E-state index in [4.69, 9.17) is 11.6 Å². The highest BCUT2D eigenvalue weighted by Crippen LogP contribution is 2.37. The second-order valence-corrected chi connectivity index (χ2v) is 5.24. The summed E-state index contributed by atoms with van der Waals surface area (Å²) < 4.78 is 26.0. The van der Waals surface area contributed by atoms with Crippen LogP contribution in [0.1, 0.15) is 45.1 Å². The summed E-state index contributed by atoms with van der Waals surface area (Å²) in [5.74, 6) is -2.51. The van der Waals surface area contributed by atoms with E-state index in [0.29, 0.717) is 18.4 Å². The van der Waals surface area contributed by atoms with Gasteiger partial charge in [-0.3, -0.25) is 10.1 Å². The zero-order valence-electron chi connectivity index (χ0n) is 12.6. The Balaban J connectivity index is 0.00000116. The summed E-state index contributed by atoms with van der Waals surface area (Å²) in [5, 5.41) is 10.8. The summed E-state index contributed by atoms with van der Waals surface area (Å²) in [6, 6.07) is 1.32. The fraction of sp³-hybridized carbons (Fsp3) is 0.533. The molecule has 0 N–H and O–H groups in total. The molecule has 1 heterocycles. The maximum atomic E-state index is 13.0. The van der Waals surface area contributed by atoms with Gasteiger partial charge in [0.15, 0.2) is 0 Å². The van der Waals surface area contributed by atoms with Crippen molar-refractivity contribution in [2.24, 2.45) is 5.92 Å². The smallest absolute Gasteiger partial charge is 0.258 e. The Labute approximate surface area is 133 Å². The normalized spacial score (nSPS) is 17.9. The summed E-state index contributed by atoms with van der Waals surface area (Å²) in [6.07, 6.45) is 5.05. The minimum atomic E-state index is -2.56. The van der Waals surface area contributed by atoms with E-state index < -0.39 is 10.8 Å². The van der Waals surface area contributed by atoms with E-state index >= 15 is 0 Å². The number of pyridine rings is 1. The topological polar surface area (TPSA) is 56.0 Å². The molecule has 0 amide bonds. The van der Waals surface area contributed by atoms with Crippen LogP contribution < -0.4 is 0 Å². The molecule has 0 atom stereocenters. The Morgan fingerprint density at radius 2 is 2.00 bits per heavy atom. The van der Waals surface area contributed by atoms with Crippen LogP contribution in [0, 0.1) is 16.0 Å². The molecule has 1 aliphatic rings. The number of allylic oxidation sites excluding steroid dienone is 1. The second kappa shape index (κ2) is 8.17. The summed E-state index contributed by atoms with van der Waals surface area (Å²) in [4.78, 5) is 13.8. The van der Waals surface area contributed by atoms with Crippen molar-refractivity contribution in [2.75, 3.05) is 0 Å². The SMILES string of the molecule is CC.O=[N+]([O-])c1cnc(Cl)c(/C=C/C2CCC(F)(F)CC2)c1. The van der Waals surface area contributed by atoms with E-state index in [1.165, 1.54) is 6.07 Å². The first-order valence-electron chi connectivity index (χ1n) is 7.23. The quantitative estimate of drug-likeness (QED) is 0.416. The molecule has 0 spiro atoms. The first-order valence-corrected chi connectivity index (χ1v) is 7.61. The number of aromatic nitrogens is 1. The minimum Gasteiger partial charge on any atom is -0.258 e. The van der Waals surface area contributed by atoms with Crippen molar-refractivity contribution >= 4 is 23.4 Å². The lowest BCUT2D eigenvalue weighted by Gasteiger charge is -2.26. The molecule has 1 aromatic rings. The highest BCUT2D eigenvalue weighted by Gasteiger charge is 2.33. The molecule has 1 aromatic heterocycles. The average molecular weight is 333 g/mol. The third kappa shape index (κ3) is 5.33. The third-order valence-electron chi connectivity index (χ3n) is 3.37. The first-order chi connectivity index (χ1) is 10.4. The van der Waals surface area contributed by atoms with E-state index in [2.05, 4.69) is 4.98 Å². The fourth-order valence-electron chi connectivity index (χ4n) is 2.16. The molecule has 0 bridgehead atoms. The first kappa shape index (κ1) is 18.5. The Morgan fingerprint density at radius 1 is 1.41 bits per heavy atom. The number of halogens is 3. The number of alkyl halides is 2. The molecule has 22 heavy (non-hydrogen) atoms. The fourth-order valence-corrected chi connectivity index (χ4v) is 2.33. The minimum absolute atomic E-state index is 0.0463. The molecule has 4 nitrogen and oxygen atoms in total. The van der Waals surface area contributed by atoms with Gasteiger partial charge in [0, 0.05) is 24.5 Å². The zero-order valence-corrected chi connectivity index (χ0v) is 13.3. The molecule has 1 aliphatic carbocycles. The van der Waals surface area contributed by atoms with Gasteiger partial charge >= 0.3 is 0 Å². The van der Waals surface area contributed by atoms with Gasteiger partial charge in [0.1, 0.15) is 11.3 Å². The molecular weight excluding hydrogens is 314 g/mol. The lowest BCUT2D eigenvalue weighted by molar-refractivity contribution is -0.385. The van der Waals surface area contributed by atoms with Crippen LogP contribution in [0.5, 0.6) is 0 Å². The predicted molar refractivity (Wildman–Crippen MR) is 83.2 cm³/mol. The molecule has 7 heteroatoms. The molecule has 0 saturated heterocycles. The Bertz CT molecular complexity index is 540. The van der Waals surface area contributed by atoms with Crippen LogP contribution in [0.4, 0.5) is 14.5 Å². The van der Waals surface area contributed by atoms with Crippen LogP contribution in [-0.2, 0) is 0 Å². The molecule has 0 unspecified atom stereocenters. The van der Waals surface area contributed by atoms with Crippen LogP contribution in [0.2, 0.25) is 5.15 Å². The number of hydrogen-bond donors (Lipinski definition) is 0.